The molecule has 108 valence electrons. The summed E-state index contributed by atoms with van der Waals surface area (Å²) in [6, 6.07) is 1.95. The summed E-state index contributed by atoms with van der Waals surface area (Å²) in [4.78, 5) is 14.8. The monoisotopic (exact) mass is 276 g/mol. The number of aromatic nitrogens is 5. The molecule has 2 heterocycles. The Bertz CT molecular complexity index is 562. The Morgan fingerprint density at radius 2 is 1.85 bits per heavy atom. The fourth-order valence-corrected chi connectivity index (χ4v) is 1.61. The van der Waals surface area contributed by atoms with Crippen molar-refractivity contribution in [2.45, 2.75) is 13.5 Å². The van der Waals surface area contributed by atoms with Crippen LogP contribution in [-0.2, 0) is 13.6 Å². The molecule has 0 unspecified atom stereocenters. The van der Waals surface area contributed by atoms with Crippen LogP contribution in [0.5, 0.6) is 0 Å². The molecule has 0 aliphatic heterocycles. The summed E-state index contributed by atoms with van der Waals surface area (Å²) < 4.78 is 1.76. The number of aryl methyl sites for hydroxylation is 1. The molecule has 0 spiro atoms. The maximum atomic E-state index is 4.36. The molecule has 8 nitrogen and oxygen atoms in total. The summed E-state index contributed by atoms with van der Waals surface area (Å²) in [6.45, 7) is 3.33. The molecule has 0 aliphatic carbocycles. The molecule has 0 bridgehead atoms. The van der Waals surface area contributed by atoms with Crippen LogP contribution < -0.4 is 15.5 Å². The number of rotatable bonds is 6. The van der Waals surface area contributed by atoms with Crippen LogP contribution in [0.2, 0.25) is 0 Å². The normalized spacial score (nSPS) is 10.4. The summed E-state index contributed by atoms with van der Waals surface area (Å²) in [6.07, 6.45) is 1.90. The molecule has 0 amide bonds. The number of nitrogens with zero attached hydrogens (tertiary/aromatic N) is 6. The summed E-state index contributed by atoms with van der Waals surface area (Å²) in [5.41, 5.74) is 0.935. The van der Waals surface area contributed by atoms with Gasteiger partial charge in [-0.25, -0.2) is 0 Å². The third kappa shape index (κ3) is 3.56. The zero-order valence-corrected chi connectivity index (χ0v) is 12.3. The van der Waals surface area contributed by atoms with E-state index in [2.05, 4.69) is 30.7 Å². The minimum Gasteiger partial charge on any atom is -0.354 e. The van der Waals surface area contributed by atoms with E-state index in [9.17, 15) is 0 Å². The highest BCUT2D eigenvalue weighted by Crippen LogP contribution is 2.11. The van der Waals surface area contributed by atoms with Gasteiger partial charge in [-0.1, -0.05) is 0 Å². The molecule has 2 rings (SSSR count). The van der Waals surface area contributed by atoms with Crippen LogP contribution >= 0.6 is 0 Å². The standard InChI is InChI=1S/C12H20N8/c1-5-13-10-15-11(17-12(16-10)19(2)3)14-8-9-6-7-20(4)18-9/h6-7H,5,8H2,1-4H3,(H2,13,14,15,16,17). The van der Waals surface area contributed by atoms with Gasteiger partial charge in [-0.3, -0.25) is 4.68 Å². The lowest BCUT2D eigenvalue weighted by atomic mass is 10.4. The summed E-state index contributed by atoms with van der Waals surface area (Å²) >= 11 is 0. The quantitative estimate of drug-likeness (QED) is 0.804. The average molecular weight is 276 g/mol. The summed E-state index contributed by atoms with van der Waals surface area (Å²) in [5, 5.41) is 10.6. The van der Waals surface area contributed by atoms with Crippen LogP contribution in [-0.4, -0.2) is 45.4 Å². The molecule has 0 aliphatic rings. The first-order chi connectivity index (χ1) is 9.58. The molecule has 0 saturated heterocycles. The van der Waals surface area contributed by atoms with Crippen molar-refractivity contribution >= 4 is 17.8 Å². The molecule has 8 heteroatoms. The van der Waals surface area contributed by atoms with Gasteiger partial charge in [-0.15, -0.1) is 0 Å². The van der Waals surface area contributed by atoms with E-state index < -0.39 is 0 Å². The molecule has 2 aromatic heterocycles. The zero-order chi connectivity index (χ0) is 14.5. The highest BCUT2D eigenvalue weighted by Gasteiger charge is 2.08. The van der Waals surface area contributed by atoms with Gasteiger partial charge in [0.1, 0.15) is 0 Å². The van der Waals surface area contributed by atoms with Gasteiger partial charge in [0.25, 0.3) is 0 Å². The molecule has 0 saturated carbocycles. The van der Waals surface area contributed by atoms with E-state index in [0.717, 1.165) is 12.2 Å². The van der Waals surface area contributed by atoms with Gasteiger partial charge in [-0.2, -0.15) is 20.1 Å². The number of anilines is 3. The minimum absolute atomic E-state index is 0.533. The van der Waals surface area contributed by atoms with E-state index in [1.54, 1.807) is 4.68 Å². The molecule has 0 radical (unpaired) electrons. The minimum atomic E-state index is 0.533. The van der Waals surface area contributed by atoms with Crippen molar-refractivity contribution in [1.82, 2.24) is 24.7 Å². The smallest absolute Gasteiger partial charge is 0.231 e. The van der Waals surface area contributed by atoms with Gasteiger partial charge in [0.2, 0.25) is 17.8 Å². The Kier molecular flexibility index (Phi) is 4.34. The molecule has 0 atom stereocenters. The van der Waals surface area contributed by atoms with Gasteiger partial charge in [0, 0.05) is 33.9 Å². The number of nitrogens with one attached hydrogen (secondary N) is 2. The van der Waals surface area contributed by atoms with E-state index >= 15 is 0 Å². The topological polar surface area (TPSA) is 83.8 Å². The second kappa shape index (κ2) is 6.18. The van der Waals surface area contributed by atoms with Crippen LogP contribution in [0.3, 0.4) is 0 Å². The first-order valence-corrected chi connectivity index (χ1v) is 6.48. The van der Waals surface area contributed by atoms with E-state index in [0.29, 0.717) is 24.4 Å². The maximum absolute atomic E-state index is 4.36. The Balaban J connectivity index is 2.13. The number of hydrogen-bond donors (Lipinski definition) is 2. The largest absolute Gasteiger partial charge is 0.354 e. The highest BCUT2D eigenvalue weighted by atomic mass is 15.3. The van der Waals surface area contributed by atoms with Crippen LogP contribution in [0.4, 0.5) is 17.8 Å². The predicted molar refractivity (Wildman–Crippen MR) is 78.9 cm³/mol. The van der Waals surface area contributed by atoms with E-state index in [4.69, 9.17) is 0 Å². The van der Waals surface area contributed by atoms with Crippen molar-refractivity contribution in [3.05, 3.63) is 18.0 Å². The predicted octanol–water partition coefficient (Wildman–Crippen LogP) is 0.715. The van der Waals surface area contributed by atoms with E-state index in [1.165, 1.54) is 0 Å². The second-order valence-corrected chi connectivity index (χ2v) is 4.54. The van der Waals surface area contributed by atoms with Crippen LogP contribution in [0.15, 0.2) is 12.3 Å². The molecule has 20 heavy (non-hydrogen) atoms. The zero-order valence-electron chi connectivity index (χ0n) is 12.3. The Morgan fingerprint density at radius 1 is 1.15 bits per heavy atom. The first-order valence-electron chi connectivity index (χ1n) is 6.48. The SMILES string of the molecule is CCNc1nc(NCc2ccn(C)n2)nc(N(C)C)n1. The third-order valence-corrected chi connectivity index (χ3v) is 2.55. The molecule has 2 N–H and O–H groups in total. The average Bonchev–Trinajstić information content (AvgIpc) is 2.82. The highest BCUT2D eigenvalue weighted by molar-refractivity contribution is 5.42. The Labute approximate surface area is 118 Å². The van der Waals surface area contributed by atoms with Crippen LogP contribution in [0.25, 0.3) is 0 Å². The Hall–Kier alpha value is -2.38. The van der Waals surface area contributed by atoms with Gasteiger partial charge >= 0.3 is 0 Å². The lowest BCUT2D eigenvalue weighted by Gasteiger charge is -2.13. The van der Waals surface area contributed by atoms with E-state index in [1.807, 2.05) is 45.2 Å². The molecular weight excluding hydrogens is 256 g/mol. The third-order valence-electron chi connectivity index (χ3n) is 2.55. The molecule has 2 aromatic rings. The molecule has 0 aromatic carbocycles. The lowest BCUT2D eigenvalue weighted by Crippen LogP contribution is -2.17. The maximum Gasteiger partial charge on any atom is 0.231 e. The van der Waals surface area contributed by atoms with Gasteiger partial charge in [0.05, 0.1) is 12.2 Å². The van der Waals surface area contributed by atoms with Gasteiger partial charge < -0.3 is 15.5 Å². The lowest BCUT2D eigenvalue weighted by molar-refractivity contribution is 0.746. The van der Waals surface area contributed by atoms with Gasteiger partial charge in [-0.05, 0) is 13.0 Å². The van der Waals surface area contributed by atoms with Crippen molar-refractivity contribution in [3.63, 3.8) is 0 Å². The van der Waals surface area contributed by atoms with Crippen LogP contribution in [0, 0.1) is 0 Å². The van der Waals surface area contributed by atoms with E-state index in [-0.39, 0.29) is 0 Å². The van der Waals surface area contributed by atoms with Crippen molar-refractivity contribution in [1.29, 1.82) is 0 Å². The van der Waals surface area contributed by atoms with Crippen molar-refractivity contribution in [2.24, 2.45) is 7.05 Å². The summed E-state index contributed by atoms with van der Waals surface area (Å²) in [7, 11) is 5.68. The molecule has 0 fully saturated rings. The fraction of sp³-hybridized carbons (Fsp3) is 0.500. The first kappa shape index (κ1) is 14.0. The van der Waals surface area contributed by atoms with Gasteiger partial charge in [0.15, 0.2) is 0 Å². The van der Waals surface area contributed by atoms with Crippen molar-refractivity contribution in [3.8, 4) is 0 Å². The fourth-order valence-electron chi connectivity index (χ4n) is 1.61. The Morgan fingerprint density at radius 3 is 2.40 bits per heavy atom. The number of hydrogen-bond acceptors (Lipinski definition) is 7. The van der Waals surface area contributed by atoms with Crippen molar-refractivity contribution in [2.75, 3.05) is 36.2 Å². The second-order valence-electron chi connectivity index (χ2n) is 4.54. The van der Waals surface area contributed by atoms with Crippen molar-refractivity contribution < 1.29 is 0 Å². The van der Waals surface area contributed by atoms with Crippen LogP contribution in [0.1, 0.15) is 12.6 Å². The summed E-state index contributed by atoms with van der Waals surface area (Å²) in [5.74, 6) is 1.71. The molecular formula is C12H20N8.